The molecule has 0 bridgehead atoms. The molecule has 0 aromatic carbocycles. The van der Waals surface area contributed by atoms with Crippen LogP contribution in [0.1, 0.15) is 42.7 Å². The number of aliphatic hydroxyl groups excluding tert-OH is 1. The number of rotatable bonds is 6. The minimum absolute atomic E-state index is 0.200. The second-order valence-corrected chi connectivity index (χ2v) is 5.67. The van der Waals surface area contributed by atoms with Gasteiger partial charge in [-0.1, -0.05) is 26.7 Å². The summed E-state index contributed by atoms with van der Waals surface area (Å²) in [5.41, 5.74) is 2.00. The fourth-order valence-corrected chi connectivity index (χ4v) is 2.72. The van der Waals surface area contributed by atoms with Gasteiger partial charge in [-0.05, 0) is 18.9 Å². The third-order valence-corrected chi connectivity index (χ3v) is 4.14. The van der Waals surface area contributed by atoms with Crippen molar-refractivity contribution in [3.63, 3.8) is 0 Å². The molecular formula is C16H24N4O2. The van der Waals surface area contributed by atoms with Gasteiger partial charge in [0.2, 0.25) is 0 Å². The molecule has 2 aromatic heterocycles. The Balaban J connectivity index is 2.16. The quantitative estimate of drug-likeness (QED) is 0.853. The van der Waals surface area contributed by atoms with Crippen molar-refractivity contribution in [1.29, 1.82) is 0 Å². The Hall–Kier alpha value is -1.95. The zero-order valence-corrected chi connectivity index (χ0v) is 13.6. The first-order valence-electron chi connectivity index (χ1n) is 7.73. The number of nitrogens with zero attached hydrogens (tertiary/aromatic N) is 3. The molecule has 1 unspecified atom stereocenters. The molecule has 6 nitrogen and oxygen atoms in total. The molecule has 0 spiro atoms. The number of hydrogen-bond acceptors (Lipinski definition) is 4. The number of amides is 1. The van der Waals surface area contributed by atoms with E-state index < -0.39 is 6.10 Å². The molecule has 0 saturated heterocycles. The standard InChI is InChI=1S/C16H24N4O2/c1-5-11(6-2)14(21)9-17-16(22)12-7-10(3)19-15-13(12)8-18-20(15)4/h7-8,11,14,21H,5-6,9H2,1-4H3,(H,17,22). The van der Waals surface area contributed by atoms with E-state index in [4.69, 9.17) is 0 Å². The number of aryl methyl sites for hydroxylation is 2. The van der Waals surface area contributed by atoms with Gasteiger partial charge in [-0.15, -0.1) is 0 Å². The van der Waals surface area contributed by atoms with Crippen molar-refractivity contribution in [2.24, 2.45) is 13.0 Å². The lowest BCUT2D eigenvalue weighted by Gasteiger charge is -2.20. The average molecular weight is 304 g/mol. The second-order valence-electron chi connectivity index (χ2n) is 5.67. The molecule has 22 heavy (non-hydrogen) atoms. The molecule has 0 aliphatic rings. The SMILES string of the molecule is CCC(CC)C(O)CNC(=O)c1cc(C)nc2c1cnn2C. The third-order valence-electron chi connectivity index (χ3n) is 4.14. The Morgan fingerprint density at radius 2 is 2.09 bits per heavy atom. The Kier molecular flexibility index (Phi) is 5.13. The lowest BCUT2D eigenvalue weighted by atomic mass is 9.96. The molecule has 120 valence electrons. The van der Waals surface area contributed by atoms with Crippen molar-refractivity contribution in [3.05, 3.63) is 23.5 Å². The summed E-state index contributed by atoms with van der Waals surface area (Å²) in [5, 5.41) is 17.8. The molecule has 2 N–H and O–H groups in total. The normalized spacial score (nSPS) is 12.8. The van der Waals surface area contributed by atoms with Gasteiger partial charge in [0, 0.05) is 19.3 Å². The number of aromatic nitrogens is 3. The highest BCUT2D eigenvalue weighted by atomic mass is 16.3. The molecule has 0 saturated carbocycles. The number of carbonyl (C=O) groups is 1. The minimum atomic E-state index is -0.522. The predicted molar refractivity (Wildman–Crippen MR) is 85.7 cm³/mol. The van der Waals surface area contributed by atoms with Crippen molar-refractivity contribution >= 4 is 16.9 Å². The first-order valence-corrected chi connectivity index (χ1v) is 7.73. The van der Waals surface area contributed by atoms with Gasteiger partial charge in [-0.25, -0.2) is 4.98 Å². The highest BCUT2D eigenvalue weighted by Gasteiger charge is 2.19. The van der Waals surface area contributed by atoms with E-state index in [0.717, 1.165) is 23.9 Å². The van der Waals surface area contributed by atoms with Gasteiger partial charge in [0.1, 0.15) is 0 Å². The Labute approximate surface area is 130 Å². The van der Waals surface area contributed by atoms with Crippen LogP contribution in [-0.4, -0.2) is 38.4 Å². The number of aliphatic hydroxyl groups is 1. The lowest BCUT2D eigenvalue weighted by Crippen LogP contribution is -2.36. The van der Waals surface area contributed by atoms with E-state index in [1.165, 1.54) is 0 Å². The Morgan fingerprint density at radius 1 is 1.41 bits per heavy atom. The maximum Gasteiger partial charge on any atom is 0.252 e. The molecule has 2 aromatic rings. The van der Waals surface area contributed by atoms with Crippen LogP contribution in [0.2, 0.25) is 0 Å². The van der Waals surface area contributed by atoms with Gasteiger partial charge in [-0.2, -0.15) is 5.10 Å². The summed E-state index contributed by atoms with van der Waals surface area (Å²) in [5.74, 6) is 0.00592. The van der Waals surface area contributed by atoms with Crippen molar-refractivity contribution in [2.45, 2.75) is 39.7 Å². The molecule has 6 heteroatoms. The van der Waals surface area contributed by atoms with Crippen LogP contribution in [0.3, 0.4) is 0 Å². The van der Waals surface area contributed by atoms with E-state index in [0.29, 0.717) is 11.2 Å². The van der Waals surface area contributed by atoms with Crippen molar-refractivity contribution in [2.75, 3.05) is 6.54 Å². The van der Waals surface area contributed by atoms with Crippen molar-refractivity contribution in [1.82, 2.24) is 20.1 Å². The monoisotopic (exact) mass is 304 g/mol. The van der Waals surface area contributed by atoms with Gasteiger partial charge in [-0.3, -0.25) is 9.48 Å². The smallest absolute Gasteiger partial charge is 0.252 e. The van der Waals surface area contributed by atoms with E-state index >= 15 is 0 Å². The van der Waals surface area contributed by atoms with E-state index in [2.05, 4.69) is 15.4 Å². The molecule has 0 fully saturated rings. The Morgan fingerprint density at radius 3 is 2.73 bits per heavy atom. The van der Waals surface area contributed by atoms with E-state index in [1.807, 2.05) is 20.8 Å². The summed E-state index contributed by atoms with van der Waals surface area (Å²) < 4.78 is 1.65. The average Bonchev–Trinajstić information content (AvgIpc) is 2.86. The van der Waals surface area contributed by atoms with Crippen LogP contribution in [0.25, 0.3) is 11.0 Å². The fourth-order valence-electron chi connectivity index (χ4n) is 2.72. The van der Waals surface area contributed by atoms with Gasteiger partial charge < -0.3 is 10.4 Å². The second kappa shape index (κ2) is 6.87. The molecule has 0 aliphatic carbocycles. The first kappa shape index (κ1) is 16.4. The van der Waals surface area contributed by atoms with Crippen LogP contribution >= 0.6 is 0 Å². The van der Waals surface area contributed by atoms with Crippen LogP contribution in [-0.2, 0) is 7.05 Å². The number of hydrogen-bond donors (Lipinski definition) is 2. The number of carbonyl (C=O) groups excluding carboxylic acids is 1. The third kappa shape index (κ3) is 3.27. The van der Waals surface area contributed by atoms with Crippen molar-refractivity contribution in [3.8, 4) is 0 Å². The highest BCUT2D eigenvalue weighted by Crippen LogP contribution is 2.18. The summed E-state index contributed by atoms with van der Waals surface area (Å²) in [4.78, 5) is 16.8. The van der Waals surface area contributed by atoms with Crippen LogP contribution in [0.15, 0.2) is 12.3 Å². The van der Waals surface area contributed by atoms with Crippen LogP contribution in [0.5, 0.6) is 0 Å². The zero-order chi connectivity index (χ0) is 16.3. The summed E-state index contributed by atoms with van der Waals surface area (Å²) >= 11 is 0. The predicted octanol–water partition coefficient (Wildman–Crippen LogP) is 1.80. The maximum absolute atomic E-state index is 12.4. The van der Waals surface area contributed by atoms with Crippen molar-refractivity contribution < 1.29 is 9.90 Å². The first-order chi connectivity index (χ1) is 10.5. The fraction of sp³-hybridized carbons (Fsp3) is 0.562. The maximum atomic E-state index is 12.4. The van der Waals surface area contributed by atoms with Crippen LogP contribution in [0, 0.1) is 12.8 Å². The van der Waals surface area contributed by atoms with Gasteiger partial charge in [0.05, 0.1) is 23.3 Å². The Bertz CT molecular complexity index is 661. The molecule has 0 radical (unpaired) electrons. The topological polar surface area (TPSA) is 80.0 Å². The van der Waals surface area contributed by atoms with Gasteiger partial charge >= 0.3 is 0 Å². The summed E-state index contributed by atoms with van der Waals surface area (Å²) in [6, 6.07) is 1.75. The van der Waals surface area contributed by atoms with Crippen LogP contribution in [0.4, 0.5) is 0 Å². The molecule has 2 rings (SSSR count). The molecule has 1 amide bonds. The summed E-state index contributed by atoms with van der Waals surface area (Å²) in [6.45, 7) is 6.20. The number of fused-ring (bicyclic) bond motifs is 1. The lowest BCUT2D eigenvalue weighted by molar-refractivity contribution is 0.0818. The summed E-state index contributed by atoms with van der Waals surface area (Å²) in [6.07, 6.45) is 2.92. The largest absolute Gasteiger partial charge is 0.391 e. The number of pyridine rings is 1. The molecule has 1 atom stereocenters. The molecule has 0 aliphatic heterocycles. The van der Waals surface area contributed by atoms with Gasteiger partial charge in [0.15, 0.2) is 5.65 Å². The highest BCUT2D eigenvalue weighted by molar-refractivity contribution is 6.05. The summed E-state index contributed by atoms with van der Waals surface area (Å²) in [7, 11) is 1.80. The number of nitrogens with one attached hydrogen (secondary N) is 1. The zero-order valence-electron chi connectivity index (χ0n) is 13.6. The van der Waals surface area contributed by atoms with Gasteiger partial charge in [0.25, 0.3) is 5.91 Å². The van der Waals surface area contributed by atoms with E-state index in [-0.39, 0.29) is 18.4 Å². The van der Waals surface area contributed by atoms with E-state index in [9.17, 15) is 9.90 Å². The minimum Gasteiger partial charge on any atom is -0.391 e. The molecular weight excluding hydrogens is 280 g/mol. The van der Waals surface area contributed by atoms with E-state index in [1.54, 1.807) is 24.0 Å². The molecule has 2 heterocycles. The van der Waals surface area contributed by atoms with Crippen LogP contribution < -0.4 is 5.32 Å².